The van der Waals surface area contributed by atoms with Crippen LogP contribution < -0.4 is 16.0 Å². The molecule has 2 aromatic rings. The van der Waals surface area contributed by atoms with E-state index in [0.29, 0.717) is 18.7 Å². The van der Waals surface area contributed by atoms with Gasteiger partial charge in [0.25, 0.3) is 0 Å². The number of aromatic nitrogens is 1. The van der Waals surface area contributed by atoms with Gasteiger partial charge in [0.1, 0.15) is 17.9 Å². The van der Waals surface area contributed by atoms with Gasteiger partial charge in [-0.1, -0.05) is 37.3 Å². The maximum absolute atomic E-state index is 13.6. The highest BCUT2D eigenvalue weighted by atomic mass is 16.6. The van der Waals surface area contributed by atoms with Crippen LogP contribution in [-0.4, -0.2) is 76.0 Å². The molecule has 3 heterocycles. The molecule has 2 saturated heterocycles. The van der Waals surface area contributed by atoms with Crippen LogP contribution in [-0.2, 0) is 36.8 Å². The van der Waals surface area contributed by atoms with Gasteiger partial charge in [-0.05, 0) is 37.5 Å². The maximum atomic E-state index is 13.6. The number of aliphatic hydroxyl groups is 1. The van der Waals surface area contributed by atoms with Crippen molar-refractivity contribution in [3.05, 3.63) is 59.9 Å². The molecule has 2 fully saturated rings. The molecule has 7 unspecified atom stereocenters. The molecule has 5 N–H and O–H groups in total. The Kier molecular flexibility index (Phi) is 8.93. The standard InChI is InChI=1S/C27H34N4O7/c1-15-24(33)18(13-17-7-4-3-5-8-17)30-26(35)22(29-14-19-20(32)9-6-11-28-19)16(2)38-27(36)23(31-25(15)34)21-10-12-37-21/h3-9,11,15-16,18,21-24,29,32-33H,10,12-14H2,1-2H3,(H,30,35)(H,31,34). The molecule has 0 spiro atoms. The fraction of sp³-hybridized carbons (Fsp3) is 0.481. The molecule has 2 aliphatic rings. The Balaban J connectivity index is 1.63. The molecule has 0 aliphatic carbocycles. The number of hydrogen-bond acceptors (Lipinski definition) is 9. The van der Waals surface area contributed by atoms with Crippen LogP contribution in [0.2, 0.25) is 0 Å². The second-order valence-corrected chi connectivity index (χ2v) is 9.74. The molecule has 11 nitrogen and oxygen atoms in total. The fourth-order valence-corrected chi connectivity index (χ4v) is 4.58. The predicted molar refractivity (Wildman–Crippen MR) is 136 cm³/mol. The van der Waals surface area contributed by atoms with Gasteiger partial charge >= 0.3 is 5.97 Å². The summed E-state index contributed by atoms with van der Waals surface area (Å²) in [5, 5.41) is 29.9. The van der Waals surface area contributed by atoms with E-state index < -0.39 is 60.1 Å². The third-order valence-corrected chi connectivity index (χ3v) is 7.03. The number of aromatic hydroxyl groups is 1. The third-order valence-electron chi connectivity index (χ3n) is 7.03. The summed E-state index contributed by atoms with van der Waals surface area (Å²) in [6, 6.07) is 9.41. The lowest BCUT2D eigenvalue weighted by Crippen LogP contribution is -2.62. The first-order valence-corrected chi connectivity index (χ1v) is 12.8. The lowest BCUT2D eigenvalue weighted by atomic mass is 9.91. The SMILES string of the molecule is CC1OC(=O)C(C2CCO2)NC(=O)C(C)C(O)C(Cc2ccccc2)NC(=O)C1NCc1ncccc1O. The molecule has 11 heteroatoms. The summed E-state index contributed by atoms with van der Waals surface area (Å²) in [6.45, 7) is 3.57. The van der Waals surface area contributed by atoms with Gasteiger partial charge in [0.2, 0.25) is 11.8 Å². The first-order valence-electron chi connectivity index (χ1n) is 12.8. The minimum Gasteiger partial charge on any atom is -0.506 e. The minimum absolute atomic E-state index is 0.0147. The molecule has 0 radical (unpaired) electrons. The number of nitrogens with one attached hydrogen (secondary N) is 3. The molecular formula is C27H34N4O7. The highest BCUT2D eigenvalue weighted by molar-refractivity contribution is 5.88. The van der Waals surface area contributed by atoms with Crippen LogP contribution in [0.1, 0.15) is 31.5 Å². The summed E-state index contributed by atoms with van der Waals surface area (Å²) in [6.07, 6.45) is -0.448. The van der Waals surface area contributed by atoms with E-state index in [0.717, 1.165) is 5.56 Å². The molecule has 1 aromatic heterocycles. The predicted octanol–water partition coefficient (Wildman–Crippen LogP) is 0.189. The number of ether oxygens (including phenoxy) is 2. The first-order chi connectivity index (χ1) is 18.2. The van der Waals surface area contributed by atoms with E-state index in [1.54, 1.807) is 19.9 Å². The van der Waals surface area contributed by atoms with Crippen LogP contribution in [0.25, 0.3) is 0 Å². The van der Waals surface area contributed by atoms with E-state index in [1.165, 1.54) is 12.3 Å². The summed E-state index contributed by atoms with van der Waals surface area (Å²) in [5.41, 5.74) is 1.17. The molecule has 38 heavy (non-hydrogen) atoms. The molecule has 4 rings (SSSR count). The number of carbonyl (C=O) groups excluding carboxylic acids is 3. The summed E-state index contributed by atoms with van der Waals surface area (Å²) in [7, 11) is 0. The molecule has 0 bridgehead atoms. The van der Waals surface area contributed by atoms with Crippen molar-refractivity contribution in [2.75, 3.05) is 6.61 Å². The van der Waals surface area contributed by atoms with Crippen molar-refractivity contribution in [2.45, 2.75) is 69.7 Å². The largest absolute Gasteiger partial charge is 0.506 e. The van der Waals surface area contributed by atoms with E-state index in [4.69, 9.17) is 9.47 Å². The van der Waals surface area contributed by atoms with Gasteiger partial charge in [0, 0.05) is 19.3 Å². The Morgan fingerprint density at radius 3 is 2.45 bits per heavy atom. The number of amides is 2. The monoisotopic (exact) mass is 526 g/mol. The number of nitrogens with zero attached hydrogens (tertiary/aromatic N) is 1. The average molecular weight is 527 g/mol. The number of pyridine rings is 1. The Bertz CT molecular complexity index is 1130. The summed E-state index contributed by atoms with van der Waals surface area (Å²) in [4.78, 5) is 43.9. The number of hydrogen-bond donors (Lipinski definition) is 5. The van der Waals surface area contributed by atoms with Crippen molar-refractivity contribution < 1.29 is 34.1 Å². The van der Waals surface area contributed by atoms with Crippen LogP contribution in [0.5, 0.6) is 5.75 Å². The first kappa shape index (κ1) is 27.5. The fourth-order valence-electron chi connectivity index (χ4n) is 4.58. The van der Waals surface area contributed by atoms with Gasteiger partial charge in [-0.25, -0.2) is 4.79 Å². The molecule has 7 atom stereocenters. The summed E-state index contributed by atoms with van der Waals surface area (Å²) in [5.74, 6) is -2.82. The van der Waals surface area contributed by atoms with Gasteiger partial charge in [-0.3, -0.25) is 19.9 Å². The third kappa shape index (κ3) is 6.47. The lowest BCUT2D eigenvalue weighted by molar-refractivity contribution is -0.166. The summed E-state index contributed by atoms with van der Waals surface area (Å²) >= 11 is 0. The van der Waals surface area contributed by atoms with Crippen molar-refractivity contribution in [1.82, 2.24) is 20.9 Å². The number of carbonyl (C=O) groups is 3. The Labute approximate surface area is 220 Å². The van der Waals surface area contributed by atoms with Gasteiger partial charge in [-0.15, -0.1) is 0 Å². The molecule has 0 saturated carbocycles. The number of cyclic esters (lactones) is 1. The highest BCUT2D eigenvalue weighted by Gasteiger charge is 2.42. The quantitative estimate of drug-likeness (QED) is 0.331. The molecule has 1 aromatic carbocycles. The Morgan fingerprint density at radius 1 is 1.05 bits per heavy atom. The Hall–Kier alpha value is -3.54. The zero-order valence-electron chi connectivity index (χ0n) is 21.4. The van der Waals surface area contributed by atoms with Crippen LogP contribution in [0, 0.1) is 5.92 Å². The van der Waals surface area contributed by atoms with Crippen LogP contribution in [0.3, 0.4) is 0 Å². The van der Waals surface area contributed by atoms with E-state index in [2.05, 4.69) is 20.9 Å². The smallest absolute Gasteiger partial charge is 0.331 e. The van der Waals surface area contributed by atoms with Crippen molar-refractivity contribution in [3.63, 3.8) is 0 Å². The van der Waals surface area contributed by atoms with E-state index >= 15 is 0 Å². The number of esters is 1. The van der Waals surface area contributed by atoms with Crippen LogP contribution >= 0.6 is 0 Å². The molecule has 2 amide bonds. The van der Waals surface area contributed by atoms with Crippen LogP contribution in [0.4, 0.5) is 0 Å². The van der Waals surface area contributed by atoms with Crippen molar-refractivity contribution in [1.29, 1.82) is 0 Å². The topological polar surface area (TPSA) is 159 Å². The van der Waals surface area contributed by atoms with E-state index in [9.17, 15) is 24.6 Å². The highest BCUT2D eigenvalue weighted by Crippen LogP contribution is 2.21. The molecular weight excluding hydrogens is 492 g/mol. The zero-order valence-corrected chi connectivity index (χ0v) is 21.4. The van der Waals surface area contributed by atoms with Gasteiger partial charge in [0.05, 0.1) is 29.9 Å². The van der Waals surface area contributed by atoms with Gasteiger partial charge in [-0.2, -0.15) is 0 Å². The second kappa shape index (κ2) is 12.3. The zero-order chi connectivity index (χ0) is 27.2. The summed E-state index contributed by atoms with van der Waals surface area (Å²) < 4.78 is 11.1. The van der Waals surface area contributed by atoms with E-state index in [1.807, 2.05) is 30.3 Å². The normalized spacial score (nSPS) is 30.6. The maximum Gasteiger partial charge on any atom is 0.331 e. The van der Waals surface area contributed by atoms with Crippen LogP contribution in [0.15, 0.2) is 48.7 Å². The average Bonchev–Trinajstić information content (AvgIpc) is 2.87. The van der Waals surface area contributed by atoms with Crippen molar-refractivity contribution in [3.8, 4) is 5.75 Å². The van der Waals surface area contributed by atoms with Gasteiger partial charge < -0.3 is 30.3 Å². The molecule has 2 aliphatic heterocycles. The number of rotatable bonds is 6. The van der Waals surface area contributed by atoms with Crippen molar-refractivity contribution in [2.24, 2.45) is 5.92 Å². The lowest BCUT2D eigenvalue weighted by Gasteiger charge is -2.37. The number of aliphatic hydroxyl groups excluding tert-OH is 1. The van der Waals surface area contributed by atoms with Crippen molar-refractivity contribution >= 4 is 17.8 Å². The number of benzene rings is 1. The van der Waals surface area contributed by atoms with Gasteiger partial charge in [0.15, 0.2) is 6.04 Å². The molecule has 204 valence electrons. The second-order valence-electron chi connectivity index (χ2n) is 9.74. The minimum atomic E-state index is -1.26. The Morgan fingerprint density at radius 2 is 1.79 bits per heavy atom. The van der Waals surface area contributed by atoms with E-state index in [-0.39, 0.29) is 18.7 Å².